The SMILES string of the molecule is C=CCC(N)C(=O)Cc1nccn1C. The Hall–Kier alpha value is -1.42. The molecule has 1 aromatic rings. The van der Waals surface area contributed by atoms with Gasteiger partial charge in [-0.3, -0.25) is 4.79 Å². The van der Waals surface area contributed by atoms with Crippen molar-refractivity contribution in [1.29, 1.82) is 0 Å². The molecule has 0 radical (unpaired) electrons. The van der Waals surface area contributed by atoms with E-state index in [1.807, 2.05) is 17.8 Å². The molecule has 1 aromatic heterocycles. The molecular formula is C10H15N3O. The highest BCUT2D eigenvalue weighted by Crippen LogP contribution is 2.00. The van der Waals surface area contributed by atoms with E-state index in [0.29, 0.717) is 12.8 Å². The van der Waals surface area contributed by atoms with Crippen LogP contribution in [0.2, 0.25) is 0 Å². The smallest absolute Gasteiger partial charge is 0.157 e. The lowest BCUT2D eigenvalue weighted by Crippen LogP contribution is -2.31. The van der Waals surface area contributed by atoms with Gasteiger partial charge in [0.25, 0.3) is 0 Å². The van der Waals surface area contributed by atoms with Gasteiger partial charge in [-0.2, -0.15) is 0 Å². The molecule has 0 saturated heterocycles. The second kappa shape index (κ2) is 4.72. The standard InChI is InChI=1S/C10H15N3O/c1-3-4-8(11)9(14)7-10-12-5-6-13(10)2/h3,5-6,8H,1,4,7,11H2,2H3. The second-order valence-corrected chi connectivity index (χ2v) is 3.23. The van der Waals surface area contributed by atoms with Gasteiger partial charge >= 0.3 is 0 Å². The molecule has 0 spiro atoms. The van der Waals surface area contributed by atoms with Crippen molar-refractivity contribution in [2.75, 3.05) is 0 Å². The fraction of sp³-hybridized carbons (Fsp3) is 0.400. The minimum atomic E-state index is -0.454. The molecule has 0 amide bonds. The summed E-state index contributed by atoms with van der Waals surface area (Å²) in [5.41, 5.74) is 5.64. The zero-order valence-electron chi connectivity index (χ0n) is 8.31. The van der Waals surface area contributed by atoms with E-state index in [9.17, 15) is 4.79 Å². The Bertz CT molecular complexity index is 330. The van der Waals surface area contributed by atoms with Crippen LogP contribution < -0.4 is 5.73 Å². The van der Waals surface area contributed by atoms with Crippen molar-refractivity contribution in [1.82, 2.24) is 9.55 Å². The summed E-state index contributed by atoms with van der Waals surface area (Å²) in [5, 5.41) is 0. The monoisotopic (exact) mass is 193 g/mol. The van der Waals surface area contributed by atoms with Gasteiger partial charge in [0.15, 0.2) is 5.78 Å². The molecule has 0 aliphatic heterocycles. The van der Waals surface area contributed by atoms with Gasteiger partial charge in [-0.1, -0.05) is 6.08 Å². The predicted molar refractivity (Wildman–Crippen MR) is 54.7 cm³/mol. The first-order valence-electron chi connectivity index (χ1n) is 4.50. The Kier molecular flexibility index (Phi) is 3.59. The number of carbonyl (C=O) groups excluding carboxylic acids is 1. The van der Waals surface area contributed by atoms with Crippen LogP contribution in [0.25, 0.3) is 0 Å². The summed E-state index contributed by atoms with van der Waals surface area (Å²) in [6.07, 6.45) is 5.94. The molecule has 1 heterocycles. The van der Waals surface area contributed by atoms with Crippen LogP contribution in [-0.4, -0.2) is 21.4 Å². The summed E-state index contributed by atoms with van der Waals surface area (Å²) < 4.78 is 1.82. The number of carbonyl (C=O) groups is 1. The van der Waals surface area contributed by atoms with Gasteiger partial charge in [-0.05, 0) is 6.42 Å². The summed E-state index contributed by atoms with van der Waals surface area (Å²) in [4.78, 5) is 15.6. The molecule has 0 bridgehead atoms. The zero-order chi connectivity index (χ0) is 10.6. The van der Waals surface area contributed by atoms with Gasteiger partial charge in [-0.25, -0.2) is 4.98 Å². The molecule has 14 heavy (non-hydrogen) atoms. The van der Waals surface area contributed by atoms with Crippen molar-refractivity contribution in [3.63, 3.8) is 0 Å². The van der Waals surface area contributed by atoms with Crippen LogP contribution in [0.3, 0.4) is 0 Å². The number of hydrogen-bond donors (Lipinski definition) is 1. The summed E-state index contributed by atoms with van der Waals surface area (Å²) in [6, 6.07) is -0.454. The number of imidazole rings is 1. The van der Waals surface area contributed by atoms with Crippen molar-refractivity contribution in [3.8, 4) is 0 Å². The molecule has 1 rings (SSSR count). The molecule has 1 unspecified atom stereocenters. The van der Waals surface area contributed by atoms with Crippen molar-refractivity contribution >= 4 is 5.78 Å². The number of rotatable bonds is 5. The van der Waals surface area contributed by atoms with E-state index >= 15 is 0 Å². The van der Waals surface area contributed by atoms with Crippen LogP contribution in [-0.2, 0) is 18.3 Å². The lowest BCUT2D eigenvalue weighted by Gasteiger charge is -2.07. The van der Waals surface area contributed by atoms with Crippen LogP contribution in [0.4, 0.5) is 0 Å². The fourth-order valence-corrected chi connectivity index (χ4v) is 1.16. The van der Waals surface area contributed by atoms with E-state index in [1.165, 1.54) is 0 Å². The molecule has 76 valence electrons. The molecule has 4 nitrogen and oxygen atoms in total. The summed E-state index contributed by atoms with van der Waals surface area (Å²) in [7, 11) is 1.86. The number of hydrogen-bond acceptors (Lipinski definition) is 3. The number of aryl methyl sites for hydroxylation is 1. The average molecular weight is 193 g/mol. The van der Waals surface area contributed by atoms with E-state index in [2.05, 4.69) is 11.6 Å². The average Bonchev–Trinajstić information content (AvgIpc) is 2.52. The molecule has 0 fully saturated rings. The van der Waals surface area contributed by atoms with Crippen LogP contribution >= 0.6 is 0 Å². The van der Waals surface area contributed by atoms with E-state index in [-0.39, 0.29) is 5.78 Å². The Morgan fingerprint density at radius 3 is 3.07 bits per heavy atom. The second-order valence-electron chi connectivity index (χ2n) is 3.23. The van der Waals surface area contributed by atoms with Crippen molar-refractivity contribution in [3.05, 3.63) is 30.9 Å². The van der Waals surface area contributed by atoms with Crippen LogP contribution in [0.15, 0.2) is 25.0 Å². The molecule has 0 aliphatic rings. The van der Waals surface area contributed by atoms with Crippen LogP contribution in [0.1, 0.15) is 12.2 Å². The zero-order valence-corrected chi connectivity index (χ0v) is 8.31. The maximum Gasteiger partial charge on any atom is 0.157 e. The molecule has 1 atom stereocenters. The highest BCUT2D eigenvalue weighted by Gasteiger charge is 2.14. The van der Waals surface area contributed by atoms with E-state index < -0.39 is 6.04 Å². The van der Waals surface area contributed by atoms with Crippen molar-refractivity contribution in [2.24, 2.45) is 12.8 Å². The minimum Gasteiger partial charge on any atom is -0.338 e. The van der Waals surface area contributed by atoms with E-state index in [1.54, 1.807) is 12.3 Å². The Morgan fingerprint density at radius 1 is 1.86 bits per heavy atom. The Balaban J connectivity index is 2.57. The summed E-state index contributed by atoms with van der Waals surface area (Å²) in [6.45, 7) is 3.54. The molecule has 0 aromatic carbocycles. The largest absolute Gasteiger partial charge is 0.338 e. The summed E-state index contributed by atoms with van der Waals surface area (Å²) >= 11 is 0. The molecule has 2 N–H and O–H groups in total. The maximum atomic E-state index is 11.5. The van der Waals surface area contributed by atoms with Gasteiger partial charge < -0.3 is 10.3 Å². The maximum absolute atomic E-state index is 11.5. The Morgan fingerprint density at radius 2 is 2.57 bits per heavy atom. The quantitative estimate of drug-likeness (QED) is 0.690. The van der Waals surface area contributed by atoms with Crippen LogP contribution in [0.5, 0.6) is 0 Å². The molecule has 0 aliphatic carbocycles. The minimum absolute atomic E-state index is 0.000741. The Labute approximate surface area is 83.4 Å². The number of aromatic nitrogens is 2. The topological polar surface area (TPSA) is 60.9 Å². The number of Topliss-reactive ketones (excluding diaryl/α,β-unsaturated/α-hetero) is 1. The lowest BCUT2D eigenvalue weighted by molar-refractivity contribution is -0.119. The van der Waals surface area contributed by atoms with Crippen molar-refractivity contribution in [2.45, 2.75) is 18.9 Å². The number of nitrogens with zero attached hydrogens (tertiary/aromatic N) is 2. The molecule has 4 heteroatoms. The van der Waals surface area contributed by atoms with Gasteiger partial charge in [0.1, 0.15) is 5.82 Å². The van der Waals surface area contributed by atoms with Gasteiger partial charge in [0.2, 0.25) is 0 Å². The van der Waals surface area contributed by atoms with E-state index in [0.717, 1.165) is 5.82 Å². The van der Waals surface area contributed by atoms with Gasteiger partial charge in [0, 0.05) is 19.4 Å². The third kappa shape index (κ3) is 2.53. The van der Waals surface area contributed by atoms with E-state index in [4.69, 9.17) is 5.73 Å². The summed E-state index contributed by atoms with van der Waals surface area (Å²) in [5.74, 6) is 0.744. The predicted octanol–water partition coefficient (Wildman–Crippen LogP) is 0.435. The lowest BCUT2D eigenvalue weighted by atomic mass is 10.1. The van der Waals surface area contributed by atoms with Gasteiger partial charge in [-0.15, -0.1) is 6.58 Å². The number of ketones is 1. The first kappa shape index (κ1) is 10.7. The van der Waals surface area contributed by atoms with Gasteiger partial charge in [0.05, 0.1) is 12.5 Å². The highest BCUT2D eigenvalue weighted by atomic mass is 16.1. The molecular weight excluding hydrogens is 178 g/mol. The highest BCUT2D eigenvalue weighted by molar-refractivity contribution is 5.85. The third-order valence-electron chi connectivity index (χ3n) is 2.09. The fourth-order valence-electron chi connectivity index (χ4n) is 1.16. The van der Waals surface area contributed by atoms with Crippen molar-refractivity contribution < 1.29 is 4.79 Å². The third-order valence-corrected chi connectivity index (χ3v) is 2.09. The number of nitrogens with two attached hydrogens (primary N) is 1. The van der Waals surface area contributed by atoms with Crippen LogP contribution in [0, 0.1) is 0 Å². The normalized spacial score (nSPS) is 12.4. The first-order chi connectivity index (χ1) is 6.65. The first-order valence-corrected chi connectivity index (χ1v) is 4.50. The molecule has 0 saturated carbocycles.